The zero-order chi connectivity index (χ0) is 22.0. The molecule has 0 fully saturated rings. The lowest BCUT2D eigenvalue weighted by Gasteiger charge is -2.18. The van der Waals surface area contributed by atoms with Crippen LogP contribution in [0.4, 0.5) is 11.6 Å². The van der Waals surface area contributed by atoms with Crippen molar-refractivity contribution in [3.05, 3.63) is 47.4 Å². The molecule has 1 aliphatic heterocycles. The van der Waals surface area contributed by atoms with Crippen molar-refractivity contribution in [2.24, 2.45) is 0 Å². The number of fused-ring (bicyclic) bond motifs is 1. The van der Waals surface area contributed by atoms with Crippen LogP contribution in [0.25, 0.3) is 11.5 Å². The summed E-state index contributed by atoms with van der Waals surface area (Å²) in [6.45, 7) is 6.84. The van der Waals surface area contributed by atoms with Crippen LogP contribution in [0, 0.1) is 0 Å². The van der Waals surface area contributed by atoms with Gasteiger partial charge >= 0.3 is 0 Å². The van der Waals surface area contributed by atoms with Gasteiger partial charge in [-0.25, -0.2) is 9.97 Å². The molecule has 1 amide bonds. The van der Waals surface area contributed by atoms with Gasteiger partial charge in [-0.2, -0.15) is 0 Å². The normalized spacial score (nSPS) is 12.6. The topological polar surface area (TPSA) is 92.1 Å². The average molecular weight is 457 g/mol. The molecule has 0 aromatic carbocycles. The molecule has 9 nitrogen and oxygen atoms in total. The quantitative estimate of drug-likeness (QED) is 0.557. The molecule has 0 atom stereocenters. The Morgan fingerprint density at radius 3 is 2.75 bits per heavy atom. The summed E-state index contributed by atoms with van der Waals surface area (Å²) in [5.41, 5.74) is 3.24. The maximum atomic E-state index is 13.4. The molecule has 0 saturated heterocycles. The van der Waals surface area contributed by atoms with Gasteiger partial charge in [0, 0.05) is 32.2 Å². The molecule has 0 radical (unpaired) electrons. The molecule has 3 aromatic rings. The number of hydrogen-bond acceptors (Lipinski definition) is 7. The van der Waals surface area contributed by atoms with Crippen LogP contribution in [0.5, 0.6) is 0 Å². The van der Waals surface area contributed by atoms with E-state index in [0.717, 1.165) is 36.6 Å². The highest BCUT2D eigenvalue weighted by atomic mass is 35.5. The Morgan fingerprint density at radius 1 is 1.22 bits per heavy atom. The number of halogens is 1. The number of aromatic nitrogens is 5. The fraction of sp³-hybridized carbons (Fsp3) is 0.409. The van der Waals surface area contributed by atoms with E-state index in [-0.39, 0.29) is 18.3 Å². The summed E-state index contributed by atoms with van der Waals surface area (Å²) < 4.78 is 1.98. The van der Waals surface area contributed by atoms with Gasteiger partial charge in [0.25, 0.3) is 5.91 Å². The lowest BCUT2D eigenvalue weighted by molar-refractivity contribution is 0.0996. The minimum absolute atomic E-state index is 0. The van der Waals surface area contributed by atoms with Gasteiger partial charge < -0.3 is 14.8 Å². The molecule has 4 heterocycles. The van der Waals surface area contributed by atoms with Crippen LogP contribution in [0.2, 0.25) is 0 Å². The van der Waals surface area contributed by atoms with Crippen molar-refractivity contribution in [1.82, 2.24) is 30.0 Å². The second-order valence-electron chi connectivity index (χ2n) is 7.62. The van der Waals surface area contributed by atoms with Crippen molar-refractivity contribution < 1.29 is 4.79 Å². The van der Waals surface area contributed by atoms with E-state index in [1.807, 2.05) is 47.8 Å². The van der Waals surface area contributed by atoms with Crippen molar-refractivity contribution in [3.8, 4) is 11.5 Å². The molecule has 4 rings (SSSR count). The third-order valence-corrected chi connectivity index (χ3v) is 5.52. The number of carbonyl (C=O) groups is 1. The van der Waals surface area contributed by atoms with E-state index in [1.165, 1.54) is 0 Å². The predicted octanol–water partition coefficient (Wildman–Crippen LogP) is 2.90. The van der Waals surface area contributed by atoms with Crippen LogP contribution in [0.3, 0.4) is 0 Å². The van der Waals surface area contributed by atoms with Gasteiger partial charge in [-0.15, -0.1) is 22.6 Å². The van der Waals surface area contributed by atoms with Crippen molar-refractivity contribution in [2.45, 2.75) is 39.9 Å². The molecule has 10 heteroatoms. The Morgan fingerprint density at radius 2 is 2.03 bits per heavy atom. The molecule has 32 heavy (non-hydrogen) atoms. The number of nitrogens with zero attached hydrogens (tertiary/aromatic N) is 7. The zero-order valence-corrected chi connectivity index (χ0v) is 19.7. The summed E-state index contributed by atoms with van der Waals surface area (Å²) >= 11 is 0. The Labute approximate surface area is 194 Å². The van der Waals surface area contributed by atoms with Crippen LogP contribution in [-0.4, -0.2) is 51.3 Å². The smallest absolute Gasteiger partial charge is 0.260 e. The Bertz CT molecular complexity index is 1100. The first-order valence-corrected chi connectivity index (χ1v) is 10.6. The number of anilines is 2. The summed E-state index contributed by atoms with van der Waals surface area (Å²) in [5.74, 6) is 2.05. The van der Waals surface area contributed by atoms with E-state index in [2.05, 4.69) is 29.4 Å². The van der Waals surface area contributed by atoms with Gasteiger partial charge in [-0.3, -0.25) is 9.69 Å². The first kappa shape index (κ1) is 23.6. The van der Waals surface area contributed by atoms with E-state index >= 15 is 0 Å². The van der Waals surface area contributed by atoms with Crippen LogP contribution < -0.4 is 15.1 Å². The summed E-state index contributed by atoms with van der Waals surface area (Å²) in [6, 6.07) is 7.55. The van der Waals surface area contributed by atoms with Crippen LogP contribution >= 0.6 is 12.4 Å². The summed E-state index contributed by atoms with van der Waals surface area (Å²) in [6.07, 6.45) is 2.69. The van der Waals surface area contributed by atoms with Gasteiger partial charge in [-0.05, 0) is 38.6 Å². The van der Waals surface area contributed by atoms with Gasteiger partial charge in [0.2, 0.25) is 0 Å². The first-order chi connectivity index (χ1) is 15.1. The molecule has 0 spiro atoms. The molecule has 0 aliphatic carbocycles. The van der Waals surface area contributed by atoms with E-state index < -0.39 is 0 Å². The van der Waals surface area contributed by atoms with E-state index in [1.54, 1.807) is 11.2 Å². The Balaban J connectivity index is 0.00000289. The monoisotopic (exact) mass is 456 g/mol. The van der Waals surface area contributed by atoms with Gasteiger partial charge in [0.1, 0.15) is 23.7 Å². The van der Waals surface area contributed by atoms with Crippen molar-refractivity contribution in [3.63, 3.8) is 0 Å². The number of hydrogen-bond donors (Lipinski definition) is 1. The summed E-state index contributed by atoms with van der Waals surface area (Å²) in [5, 5.41) is 11.4. The Kier molecular flexibility index (Phi) is 7.42. The fourth-order valence-corrected chi connectivity index (χ4v) is 3.76. The van der Waals surface area contributed by atoms with Gasteiger partial charge in [0.15, 0.2) is 5.82 Å². The summed E-state index contributed by atoms with van der Waals surface area (Å²) in [7, 11) is 3.86. The van der Waals surface area contributed by atoms with E-state index in [9.17, 15) is 4.79 Å². The van der Waals surface area contributed by atoms with Crippen LogP contribution in [0.15, 0.2) is 30.6 Å². The highest BCUT2D eigenvalue weighted by Gasteiger charge is 2.33. The van der Waals surface area contributed by atoms with Crippen molar-refractivity contribution in [2.75, 3.05) is 30.4 Å². The number of nitrogens with one attached hydrogen (secondary N) is 1. The average Bonchev–Trinajstić information content (AvgIpc) is 3.38. The summed E-state index contributed by atoms with van der Waals surface area (Å²) in [4.78, 5) is 26.7. The van der Waals surface area contributed by atoms with Crippen LogP contribution in [0.1, 0.15) is 41.9 Å². The lowest BCUT2D eigenvalue weighted by Crippen LogP contribution is -2.24. The highest BCUT2D eigenvalue weighted by molar-refractivity contribution is 6.10. The predicted molar refractivity (Wildman–Crippen MR) is 127 cm³/mol. The van der Waals surface area contributed by atoms with Crippen LogP contribution in [-0.2, 0) is 19.6 Å². The highest BCUT2D eigenvalue weighted by Crippen LogP contribution is 2.32. The molecule has 1 N–H and O–H groups in total. The number of amides is 1. The van der Waals surface area contributed by atoms with E-state index in [4.69, 9.17) is 9.97 Å². The molecule has 170 valence electrons. The van der Waals surface area contributed by atoms with Crippen molar-refractivity contribution in [1.29, 1.82) is 0 Å². The largest absolute Gasteiger partial charge is 0.360 e. The maximum Gasteiger partial charge on any atom is 0.260 e. The van der Waals surface area contributed by atoms with Gasteiger partial charge in [0.05, 0.1) is 17.8 Å². The standard InChI is InChI=1S/C22H28N8O.ClH/c1-5-10-29-14-24-27-21(29)17-8-7-9-19(25-17)30-13-16-15(22(30)31)11-20(28(4)6-2)26-18(16)12-23-3;/h7-9,11,14,23H,5-6,10,12-13H2,1-4H3;1H. The minimum Gasteiger partial charge on any atom is -0.360 e. The second kappa shape index (κ2) is 10.1. The minimum atomic E-state index is -0.0554. The number of carbonyl (C=O) groups excluding carboxylic acids is 1. The third-order valence-electron chi connectivity index (χ3n) is 5.52. The van der Waals surface area contributed by atoms with E-state index in [0.29, 0.717) is 36.0 Å². The molecular formula is C22H29ClN8O. The molecule has 0 unspecified atom stereocenters. The molecule has 3 aromatic heterocycles. The van der Waals surface area contributed by atoms with Gasteiger partial charge in [-0.1, -0.05) is 13.0 Å². The number of pyridine rings is 2. The Hall–Kier alpha value is -3.04. The molecular weight excluding hydrogens is 428 g/mol. The number of rotatable bonds is 8. The second-order valence-corrected chi connectivity index (χ2v) is 7.62. The fourth-order valence-electron chi connectivity index (χ4n) is 3.76. The van der Waals surface area contributed by atoms with Crippen molar-refractivity contribution >= 4 is 29.9 Å². The maximum absolute atomic E-state index is 13.4. The molecule has 0 saturated carbocycles. The first-order valence-electron chi connectivity index (χ1n) is 10.6. The molecule has 1 aliphatic rings. The number of aryl methyl sites for hydroxylation is 1. The third kappa shape index (κ3) is 4.31. The molecule has 0 bridgehead atoms. The lowest BCUT2D eigenvalue weighted by atomic mass is 10.1. The SMILES string of the molecule is CCCn1cnnc1-c1cccc(N2Cc3c(cc(N(C)CC)nc3CNC)C2=O)n1.Cl. The zero-order valence-electron chi connectivity index (χ0n) is 18.9.